The zero-order chi connectivity index (χ0) is 43.6. The molecule has 0 radical (unpaired) electrons. The van der Waals surface area contributed by atoms with Gasteiger partial charge in [-0.05, 0) is 115 Å². The Balaban J connectivity index is 1.05. The van der Waals surface area contributed by atoms with Crippen molar-refractivity contribution in [3.8, 4) is 67.3 Å². The molecule has 0 atom stereocenters. The standard InChI is InChI=1S/C63H40N2O/c1-4-18-42(19-5-1)62-64-58(44-31-33-53-52-26-12-14-29-56(52)63(57(53)39-44,48-21-6-2-7-22-48)49-23-8-3-9-24-49)40-59(65-62)47-36-45(35-46(37-47)51-28-16-20-41-17-10-11-25-50(41)51)43-32-34-61-55(38-43)54-27-13-15-30-60(54)66-61/h1-40H. The number of rotatable bonds is 7. The zero-order valence-electron chi connectivity index (χ0n) is 35.9. The number of benzene rings is 10. The van der Waals surface area contributed by atoms with Crippen LogP contribution in [-0.4, -0.2) is 9.97 Å². The largest absolute Gasteiger partial charge is 0.456 e. The topological polar surface area (TPSA) is 38.9 Å². The smallest absolute Gasteiger partial charge is 0.160 e. The summed E-state index contributed by atoms with van der Waals surface area (Å²) in [5, 5.41) is 4.60. The van der Waals surface area contributed by atoms with Crippen LogP contribution in [0, 0.1) is 0 Å². The second-order valence-electron chi connectivity index (χ2n) is 17.3. The minimum absolute atomic E-state index is 0.536. The van der Waals surface area contributed by atoms with Gasteiger partial charge in [0.15, 0.2) is 5.82 Å². The third-order valence-electron chi connectivity index (χ3n) is 13.6. The van der Waals surface area contributed by atoms with Gasteiger partial charge in [0.05, 0.1) is 16.8 Å². The SMILES string of the molecule is c1ccc(-c2nc(-c3cc(-c4ccc5oc6ccccc6c5c4)cc(-c4cccc5ccccc45)c3)cc(-c3ccc4c(c3)C(c3ccccc3)(c3ccccc3)c3ccccc3-4)n2)cc1. The fourth-order valence-electron chi connectivity index (χ4n) is 10.5. The lowest BCUT2D eigenvalue weighted by Crippen LogP contribution is -2.28. The van der Waals surface area contributed by atoms with Crippen LogP contribution in [0.25, 0.3) is 100.0 Å². The Kier molecular flexibility index (Phi) is 8.75. The molecule has 1 aliphatic carbocycles. The van der Waals surface area contributed by atoms with Gasteiger partial charge in [0.25, 0.3) is 0 Å². The van der Waals surface area contributed by atoms with E-state index in [1.54, 1.807) is 0 Å². The number of furan rings is 1. The number of para-hydroxylation sites is 1. The fourth-order valence-corrected chi connectivity index (χ4v) is 10.5. The summed E-state index contributed by atoms with van der Waals surface area (Å²) in [6.07, 6.45) is 0. The molecule has 13 rings (SSSR count). The van der Waals surface area contributed by atoms with Crippen LogP contribution in [0.4, 0.5) is 0 Å². The molecule has 0 amide bonds. The molecule has 0 fully saturated rings. The summed E-state index contributed by atoms with van der Waals surface area (Å²) >= 11 is 0. The minimum Gasteiger partial charge on any atom is -0.456 e. The van der Waals surface area contributed by atoms with E-state index >= 15 is 0 Å². The van der Waals surface area contributed by atoms with Gasteiger partial charge in [-0.3, -0.25) is 0 Å². The summed E-state index contributed by atoms with van der Waals surface area (Å²) < 4.78 is 6.28. The van der Waals surface area contributed by atoms with Gasteiger partial charge in [-0.15, -0.1) is 0 Å². The number of fused-ring (bicyclic) bond motifs is 7. The van der Waals surface area contributed by atoms with Gasteiger partial charge >= 0.3 is 0 Å². The summed E-state index contributed by atoms with van der Waals surface area (Å²) in [5.41, 5.74) is 17.9. The van der Waals surface area contributed by atoms with Crippen molar-refractivity contribution in [2.75, 3.05) is 0 Å². The van der Waals surface area contributed by atoms with Gasteiger partial charge < -0.3 is 4.42 Å². The monoisotopic (exact) mass is 840 g/mol. The molecule has 3 nitrogen and oxygen atoms in total. The number of hydrogen-bond acceptors (Lipinski definition) is 3. The van der Waals surface area contributed by atoms with Crippen molar-refractivity contribution in [2.24, 2.45) is 0 Å². The molecule has 66 heavy (non-hydrogen) atoms. The van der Waals surface area contributed by atoms with Crippen LogP contribution >= 0.6 is 0 Å². The summed E-state index contributed by atoms with van der Waals surface area (Å²) in [6, 6.07) is 87.2. The van der Waals surface area contributed by atoms with E-state index in [2.05, 4.69) is 224 Å². The first kappa shape index (κ1) is 37.9. The van der Waals surface area contributed by atoms with Gasteiger partial charge in [0.1, 0.15) is 11.2 Å². The lowest BCUT2D eigenvalue weighted by molar-refractivity contribution is 0.669. The maximum absolute atomic E-state index is 6.28. The molecule has 2 heterocycles. The molecule has 0 N–H and O–H groups in total. The van der Waals surface area contributed by atoms with Gasteiger partial charge in [-0.25, -0.2) is 9.97 Å². The quantitative estimate of drug-likeness (QED) is 0.160. The van der Waals surface area contributed by atoms with E-state index in [-0.39, 0.29) is 0 Å². The van der Waals surface area contributed by atoms with Crippen LogP contribution in [0.1, 0.15) is 22.3 Å². The number of hydrogen-bond donors (Lipinski definition) is 0. The first-order valence-corrected chi connectivity index (χ1v) is 22.5. The lowest BCUT2D eigenvalue weighted by Gasteiger charge is -2.34. The van der Waals surface area contributed by atoms with Crippen LogP contribution in [0.5, 0.6) is 0 Å². The molecule has 12 aromatic rings. The average Bonchev–Trinajstić information content (AvgIpc) is 3.92. The second kappa shape index (κ2) is 15.3. The minimum atomic E-state index is -0.536. The van der Waals surface area contributed by atoms with Crippen molar-refractivity contribution in [1.82, 2.24) is 9.97 Å². The first-order chi connectivity index (χ1) is 32.7. The maximum Gasteiger partial charge on any atom is 0.160 e. The molecule has 0 unspecified atom stereocenters. The van der Waals surface area contributed by atoms with E-state index in [0.29, 0.717) is 5.82 Å². The average molecular weight is 841 g/mol. The summed E-state index contributed by atoms with van der Waals surface area (Å²) in [4.78, 5) is 10.8. The molecule has 0 aliphatic heterocycles. The van der Waals surface area contributed by atoms with E-state index in [4.69, 9.17) is 14.4 Å². The first-order valence-electron chi connectivity index (χ1n) is 22.5. The zero-order valence-corrected chi connectivity index (χ0v) is 35.9. The van der Waals surface area contributed by atoms with Crippen molar-refractivity contribution in [2.45, 2.75) is 5.41 Å². The highest BCUT2D eigenvalue weighted by Crippen LogP contribution is 2.56. The van der Waals surface area contributed by atoms with Crippen LogP contribution in [0.15, 0.2) is 247 Å². The summed E-state index contributed by atoms with van der Waals surface area (Å²) in [5.74, 6) is 0.674. The number of aromatic nitrogens is 2. The third kappa shape index (κ3) is 6.05. The van der Waals surface area contributed by atoms with Crippen LogP contribution in [-0.2, 0) is 5.41 Å². The Morgan fingerprint density at radius 1 is 0.303 bits per heavy atom. The van der Waals surface area contributed by atoms with Crippen LogP contribution < -0.4 is 0 Å². The highest BCUT2D eigenvalue weighted by Gasteiger charge is 2.46. The Hall–Kier alpha value is -8.66. The molecule has 3 heteroatoms. The van der Waals surface area contributed by atoms with E-state index in [1.165, 1.54) is 49.7 Å². The van der Waals surface area contributed by atoms with Gasteiger partial charge in [-0.2, -0.15) is 0 Å². The van der Waals surface area contributed by atoms with Crippen molar-refractivity contribution in [1.29, 1.82) is 0 Å². The molecule has 0 saturated carbocycles. The third-order valence-corrected chi connectivity index (χ3v) is 13.6. The lowest BCUT2D eigenvalue weighted by atomic mass is 9.67. The van der Waals surface area contributed by atoms with Gasteiger partial charge in [0.2, 0.25) is 0 Å². The molecule has 0 saturated heterocycles. The fraction of sp³-hybridized carbons (Fsp3) is 0.0159. The van der Waals surface area contributed by atoms with E-state index in [1.807, 2.05) is 18.2 Å². The predicted molar refractivity (Wildman–Crippen MR) is 271 cm³/mol. The highest BCUT2D eigenvalue weighted by molar-refractivity contribution is 6.06. The molecule has 2 aromatic heterocycles. The van der Waals surface area contributed by atoms with E-state index in [9.17, 15) is 0 Å². The highest BCUT2D eigenvalue weighted by atomic mass is 16.3. The van der Waals surface area contributed by atoms with Crippen molar-refractivity contribution in [3.63, 3.8) is 0 Å². The second-order valence-corrected chi connectivity index (χ2v) is 17.3. The molecule has 0 spiro atoms. The molecule has 10 aromatic carbocycles. The Morgan fingerprint density at radius 2 is 0.879 bits per heavy atom. The Morgan fingerprint density at radius 3 is 1.68 bits per heavy atom. The van der Waals surface area contributed by atoms with E-state index < -0.39 is 5.41 Å². The van der Waals surface area contributed by atoms with E-state index in [0.717, 1.165) is 66.7 Å². The maximum atomic E-state index is 6.28. The Bertz CT molecular complexity index is 3770. The normalized spacial score (nSPS) is 12.7. The molecule has 308 valence electrons. The van der Waals surface area contributed by atoms with Crippen molar-refractivity contribution >= 4 is 32.7 Å². The van der Waals surface area contributed by atoms with Crippen LogP contribution in [0.2, 0.25) is 0 Å². The molecular formula is C63H40N2O. The predicted octanol–water partition coefficient (Wildman–Crippen LogP) is 16.2. The molecule has 1 aliphatic rings. The van der Waals surface area contributed by atoms with Gasteiger partial charge in [-0.1, -0.05) is 194 Å². The summed E-state index contributed by atoms with van der Waals surface area (Å²) in [6.45, 7) is 0. The van der Waals surface area contributed by atoms with Crippen molar-refractivity contribution in [3.05, 3.63) is 265 Å². The molecule has 0 bridgehead atoms. The summed E-state index contributed by atoms with van der Waals surface area (Å²) in [7, 11) is 0. The Labute approximate surface area is 383 Å². The van der Waals surface area contributed by atoms with Crippen molar-refractivity contribution < 1.29 is 4.42 Å². The van der Waals surface area contributed by atoms with Gasteiger partial charge in [0, 0.05) is 27.5 Å². The number of nitrogens with zero attached hydrogens (tertiary/aromatic N) is 2. The molecular weight excluding hydrogens is 801 g/mol. The van der Waals surface area contributed by atoms with Crippen LogP contribution in [0.3, 0.4) is 0 Å².